The molecular weight excluding hydrogens is 417 g/mol. The summed E-state index contributed by atoms with van der Waals surface area (Å²) in [5.41, 5.74) is -0.117. The van der Waals surface area contributed by atoms with Gasteiger partial charge in [-0.2, -0.15) is 0 Å². The van der Waals surface area contributed by atoms with E-state index in [0.717, 1.165) is 13.0 Å². The molecule has 1 amide bonds. The molecule has 1 heterocycles. The number of rotatable bonds is 4. The van der Waals surface area contributed by atoms with Gasteiger partial charge in [0.05, 0.1) is 0 Å². The zero-order chi connectivity index (χ0) is 18.9. The van der Waals surface area contributed by atoms with Gasteiger partial charge in [-0.15, -0.1) is 0 Å². The van der Waals surface area contributed by atoms with Gasteiger partial charge in [0.15, 0.2) is 0 Å². The second-order valence-corrected chi connectivity index (χ2v) is 15.9. The third-order valence-electron chi connectivity index (χ3n) is 5.77. The number of halogens is 1. The molecule has 4 rings (SSSR count). The van der Waals surface area contributed by atoms with Gasteiger partial charge in [-0.25, -0.2) is 0 Å². The summed E-state index contributed by atoms with van der Waals surface area (Å²) in [4.78, 5) is 15.3. The molecule has 1 unspecified atom stereocenters. The Morgan fingerprint density at radius 3 is 1.44 bits per heavy atom. The van der Waals surface area contributed by atoms with Crippen LogP contribution in [0.2, 0.25) is 0 Å². The van der Waals surface area contributed by atoms with Crippen molar-refractivity contribution in [2.45, 2.75) is 12.1 Å². The summed E-state index contributed by atoms with van der Waals surface area (Å²) in [5.74, 6) is 0.223. The van der Waals surface area contributed by atoms with E-state index in [1.54, 1.807) is 0 Å². The van der Waals surface area contributed by atoms with Crippen LogP contribution in [0.15, 0.2) is 91.0 Å². The van der Waals surface area contributed by atoms with E-state index in [9.17, 15) is 4.79 Å². The predicted molar refractivity (Wildman–Crippen MR) is 120 cm³/mol. The minimum atomic E-state index is -3.19. The fraction of sp³-hybridized carbons (Fsp3) is 0.174. The van der Waals surface area contributed by atoms with Crippen molar-refractivity contribution in [3.63, 3.8) is 0 Å². The molecule has 0 aliphatic carbocycles. The number of carbonyl (C=O) groups excluding carboxylic acids is 1. The van der Waals surface area contributed by atoms with Gasteiger partial charge in [-0.05, 0) is 0 Å². The molecular formula is C23H23BrNOP. The number of likely N-dealkylation sites (tertiary alicyclic amines) is 1. The van der Waals surface area contributed by atoms with Crippen LogP contribution >= 0.6 is 20.8 Å². The Bertz CT molecular complexity index is 846. The van der Waals surface area contributed by atoms with E-state index in [0.29, 0.717) is 0 Å². The molecule has 1 aliphatic heterocycles. The standard InChI is InChI=1S/C23H23BrNOP/c1-25-18-17-22(23(25)26)27(24,19-11-5-2-6-12-19,20-13-7-3-8-14-20)21-15-9-4-10-16-21/h2-16,22H,17-18H2,1H3. The molecule has 138 valence electrons. The van der Waals surface area contributed by atoms with Gasteiger partial charge in [0, 0.05) is 0 Å². The van der Waals surface area contributed by atoms with Crippen molar-refractivity contribution in [3.05, 3.63) is 91.0 Å². The number of amides is 1. The summed E-state index contributed by atoms with van der Waals surface area (Å²) in [7, 11) is 1.91. The summed E-state index contributed by atoms with van der Waals surface area (Å²) >= 11 is 4.40. The zero-order valence-electron chi connectivity index (χ0n) is 15.3. The van der Waals surface area contributed by atoms with E-state index in [2.05, 4.69) is 88.3 Å². The summed E-state index contributed by atoms with van der Waals surface area (Å²) < 4.78 is 0. The van der Waals surface area contributed by atoms with Crippen LogP contribution < -0.4 is 15.9 Å². The first-order valence-corrected chi connectivity index (χ1v) is 13.5. The Morgan fingerprint density at radius 2 is 1.15 bits per heavy atom. The minimum absolute atomic E-state index is 0.117. The molecule has 3 aromatic rings. The first-order valence-electron chi connectivity index (χ1n) is 9.22. The Balaban J connectivity index is 2.15. The van der Waals surface area contributed by atoms with Crippen molar-refractivity contribution in [3.8, 4) is 0 Å². The van der Waals surface area contributed by atoms with Gasteiger partial charge < -0.3 is 0 Å². The van der Waals surface area contributed by atoms with Crippen molar-refractivity contribution in [2.75, 3.05) is 13.6 Å². The molecule has 0 saturated carbocycles. The van der Waals surface area contributed by atoms with E-state index in [4.69, 9.17) is 0 Å². The fourth-order valence-corrected chi connectivity index (χ4v) is 13.1. The Kier molecular flexibility index (Phi) is 4.70. The molecule has 0 bridgehead atoms. The van der Waals surface area contributed by atoms with Gasteiger partial charge in [0.1, 0.15) is 0 Å². The van der Waals surface area contributed by atoms with Crippen LogP contribution in [0.4, 0.5) is 0 Å². The normalized spacial score (nSPS) is 18.9. The Hall–Kier alpha value is -1.96. The molecule has 0 spiro atoms. The van der Waals surface area contributed by atoms with E-state index < -0.39 is 5.31 Å². The van der Waals surface area contributed by atoms with E-state index in [1.165, 1.54) is 15.9 Å². The van der Waals surface area contributed by atoms with E-state index in [-0.39, 0.29) is 11.6 Å². The zero-order valence-corrected chi connectivity index (χ0v) is 17.8. The molecule has 2 nitrogen and oxygen atoms in total. The SMILES string of the molecule is CN1CCC(P(Br)(c2ccccc2)(c2ccccc2)c2ccccc2)C1=O. The third-order valence-corrected chi connectivity index (χ3v) is 16.5. The summed E-state index contributed by atoms with van der Waals surface area (Å²) in [6.07, 6.45) is 0.844. The molecule has 1 atom stereocenters. The van der Waals surface area contributed by atoms with E-state index >= 15 is 0 Å². The quantitative estimate of drug-likeness (QED) is 0.561. The topological polar surface area (TPSA) is 20.3 Å². The monoisotopic (exact) mass is 439 g/mol. The van der Waals surface area contributed by atoms with Crippen LogP contribution in [0, 0.1) is 0 Å². The van der Waals surface area contributed by atoms with Crippen LogP contribution in [0.25, 0.3) is 0 Å². The summed E-state index contributed by atoms with van der Waals surface area (Å²) in [6.45, 7) is 0.791. The van der Waals surface area contributed by atoms with Gasteiger partial charge >= 0.3 is 169 Å². The first-order chi connectivity index (χ1) is 13.1. The van der Waals surface area contributed by atoms with Crippen molar-refractivity contribution < 1.29 is 4.79 Å². The second kappa shape index (κ2) is 6.89. The summed E-state index contributed by atoms with van der Waals surface area (Å²) in [5, 5.41) is 0.416. The van der Waals surface area contributed by atoms with Crippen LogP contribution in [0.5, 0.6) is 0 Å². The van der Waals surface area contributed by atoms with Crippen LogP contribution in [0.1, 0.15) is 6.42 Å². The molecule has 0 N–H and O–H groups in total. The average molecular weight is 440 g/mol. The van der Waals surface area contributed by atoms with Gasteiger partial charge in [0.2, 0.25) is 0 Å². The molecule has 1 saturated heterocycles. The molecule has 0 radical (unpaired) electrons. The van der Waals surface area contributed by atoms with Crippen molar-refractivity contribution in [2.24, 2.45) is 0 Å². The van der Waals surface area contributed by atoms with Crippen molar-refractivity contribution in [1.82, 2.24) is 4.90 Å². The Labute approximate surface area is 168 Å². The number of benzene rings is 3. The van der Waals surface area contributed by atoms with Crippen molar-refractivity contribution >= 4 is 42.6 Å². The molecule has 1 fully saturated rings. The number of hydrogen-bond donors (Lipinski definition) is 0. The Morgan fingerprint density at radius 1 is 0.778 bits per heavy atom. The maximum absolute atomic E-state index is 13.4. The van der Waals surface area contributed by atoms with Crippen LogP contribution in [-0.4, -0.2) is 30.1 Å². The fourth-order valence-electron chi connectivity index (χ4n) is 4.40. The maximum atomic E-state index is 13.4. The molecule has 27 heavy (non-hydrogen) atoms. The van der Waals surface area contributed by atoms with Crippen LogP contribution in [0.3, 0.4) is 0 Å². The van der Waals surface area contributed by atoms with Gasteiger partial charge in [-0.1, -0.05) is 0 Å². The van der Waals surface area contributed by atoms with Gasteiger partial charge in [0.25, 0.3) is 0 Å². The molecule has 3 aromatic carbocycles. The predicted octanol–water partition coefficient (Wildman–Crippen LogP) is 4.06. The molecule has 4 heteroatoms. The average Bonchev–Trinajstić information content (AvgIpc) is 3.09. The van der Waals surface area contributed by atoms with E-state index in [1.807, 2.05) is 30.1 Å². The number of hydrogen-bond acceptors (Lipinski definition) is 1. The number of nitrogens with zero attached hydrogens (tertiary/aromatic N) is 1. The first kappa shape index (κ1) is 18.4. The van der Waals surface area contributed by atoms with Crippen LogP contribution in [-0.2, 0) is 4.79 Å². The third kappa shape index (κ3) is 2.60. The second-order valence-electron chi connectivity index (χ2n) is 7.14. The van der Waals surface area contributed by atoms with Gasteiger partial charge in [-0.3, -0.25) is 0 Å². The molecule has 1 aliphatic rings. The number of carbonyl (C=O) groups is 1. The van der Waals surface area contributed by atoms with Crippen molar-refractivity contribution in [1.29, 1.82) is 0 Å². The molecule has 0 aromatic heterocycles. The summed E-state index contributed by atoms with van der Waals surface area (Å²) in [6, 6.07) is 31.6.